The van der Waals surface area contributed by atoms with Gasteiger partial charge in [0.15, 0.2) is 0 Å². The molecule has 2 heteroatoms. The van der Waals surface area contributed by atoms with E-state index in [0.29, 0.717) is 0 Å². The van der Waals surface area contributed by atoms with Gasteiger partial charge in [0.05, 0.1) is 11.4 Å². The Morgan fingerprint density at radius 1 is 1.05 bits per heavy atom. The molecule has 2 aromatic rings. The lowest BCUT2D eigenvalue weighted by atomic mass is 9.98. The summed E-state index contributed by atoms with van der Waals surface area (Å²) in [6.45, 7) is 5.27. The average Bonchev–Trinajstić information content (AvgIpc) is 2.41. The molecule has 0 unspecified atom stereocenters. The van der Waals surface area contributed by atoms with Crippen LogP contribution in [-0.2, 0) is 6.42 Å². The van der Waals surface area contributed by atoms with E-state index in [1.54, 1.807) is 0 Å². The van der Waals surface area contributed by atoms with Crippen molar-refractivity contribution in [3.63, 3.8) is 0 Å². The number of hydrogen-bond acceptors (Lipinski definition) is 2. The molecule has 0 bridgehead atoms. The van der Waals surface area contributed by atoms with E-state index in [0.717, 1.165) is 23.5 Å². The van der Waals surface area contributed by atoms with Gasteiger partial charge in [-0.2, -0.15) is 0 Å². The van der Waals surface area contributed by atoms with E-state index in [4.69, 9.17) is 5.73 Å². The molecule has 0 saturated heterocycles. The number of anilines is 3. The first-order valence-electron chi connectivity index (χ1n) is 6.89. The second-order valence-corrected chi connectivity index (χ2v) is 5.40. The molecule has 0 spiro atoms. The maximum atomic E-state index is 6.26. The van der Waals surface area contributed by atoms with Crippen molar-refractivity contribution in [2.75, 3.05) is 17.2 Å². The lowest BCUT2D eigenvalue weighted by Gasteiger charge is -2.32. The third kappa shape index (κ3) is 2.07. The van der Waals surface area contributed by atoms with Crippen molar-refractivity contribution < 1.29 is 0 Å². The molecule has 0 radical (unpaired) electrons. The Morgan fingerprint density at radius 3 is 2.74 bits per heavy atom. The van der Waals surface area contributed by atoms with Gasteiger partial charge in [0.1, 0.15) is 0 Å². The lowest BCUT2D eigenvalue weighted by Crippen LogP contribution is -2.25. The van der Waals surface area contributed by atoms with Gasteiger partial charge in [-0.15, -0.1) is 0 Å². The maximum absolute atomic E-state index is 6.26. The Kier molecular flexibility index (Phi) is 2.94. The van der Waals surface area contributed by atoms with E-state index in [-0.39, 0.29) is 0 Å². The van der Waals surface area contributed by atoms with Crippen LogP contribution in [0.2, 0.25) is 0 Å². The van der Waals surface area contributed by atoms with E-state index >= 15 is 0 Å². The maximum Gasteiger partial charge on any atom is 0.0647 e. The molecule has 2 aromatic carbocycles. The van der Waals surface area contributed by atoms with Crippen molar-refractivity contribution in [1.82, 2.24) is 0 Å². The Labute approximate surface area is 114 Å². The van der Waals surface area contributed by atoms with Crippen molar-refractivity contribution in [3.05, 3.63) is 53.1 Å². The van der Waals surface area contributed by atoms with Crippen molar-refractivity contribution >= 4 is 17.1 Å². The lowest BCUT2D eigenvalue weighted by molar-refractivity contribution is 0.766. The van der Waals surface area contributed by atoms with Crippen LogP contribution in [0, 0.1) is 13.8 Å². The molecule has 2 nitrogen and oxygen atoms in total. The zero-order valence-electron chi connectivity index (χ0n) is 11.6. The highest BCUT2D eigenvalue weighted by Crippen LogP contribution is 2.37. The smallest absolute Gasteiger partial charge is 0.0647 e. The molecule has 1 aliphatic heterocycles. The topological polar surface area (TPSA) is 29.3 Å². The third-order valence-corrected chi connectivity index (χ3v) is 3.95. The summed E-state index contributed by atoms with van der Waals surface area (Å²) in [5, 5.41) is 0. The van der Waals surface area contributed by atoms with E-state index < -0.39 is 0 Å². The predicted molar refractivity (Wildman–Crippen MR) is 82.1 cm³/mol. The molecule has 0 fully saturated rings. The van der Waals surface area contributed by atoms with Gasteiger partial charge in [-0.25, -0.2) is 0 Å². The summed E-state index contributed by atoms with van der Waals surface area (Å²) in [6, 6.07) is 13.0. The molecular formula is C17H20N2. The van der Waals surface area contributed by atoms with Gasteiger partial charge in [-0.3, -0.25) is 0 Å². The monoisotopic (exact) mass is 252 g/mol. The molecule has 0 aromatic heterocycles. The fourth-order valence-electron chi connectivity index (χ4n) is 2.88. The standard InChI is InChI=1S/C17H20N2/c1-12-8-9-15-14(11-12)6-4-10-19(15)16-7-3-5-13(2)17(16)18/h3,5,7-9,11H,4,6,10,18H2,1-2H3. The van der Waals surface area contributed by atoms with Crippen LogP contribution in [0.1, 0.15) is 23.1 Å². The number of benzene rings is 2. The fourth-order valence-corrected chi connectivity index (χ4v) is 2.88. The van der Waals surface area contributed by atoms with Crippen molar-refractivity contribution in [1.29, 1.82) is 0 Å². The predicted octanol–water partition coefficient (Wildman–Crippen LogP) is 3.97. The largest absolute Gasteiger partial charge is 0.397 e. The summed E-state index contributed by atoms with van der Waals surface area (Å²) in [5.74, 6) is 0. The Bertz CT molecular complexity index is 617. The highest BCUT2D eigenvalue weighted by molar-refractivity contribution is 5.79. The third-order valence-electron chi connectivity index (χ3n) is 3.95. The molecule has 3 rings (SSSR count). The summed E-state index contributed by atoms with van der Waals surface area (Å²) in [7, 11) is 0. The summed E-state index contributed by atoms with van der Waals surface area (Å²) >= 11 is 0. The van der Waals surface area contributed by atoms with Gasteiger partial charge in [0.2, 0.25) is 0 Å². The number of rotatable bonds is 1. The molecule has 0 saturated carbocycles. The molecule has 19 heavy (non-hydrogen) atoms. The van der Waals surface area contributed by atoms with Crippen molar-refractivity contribution in [2.24, 2.45) is 0 Å². The molecule has 1 aliphatic rings. The summed E-state index contributed by atoms with van der Waals surface area (Å²) in [6.07, 6.45) is 2.35. The van der Waals surface area contributed by atoms with E-state index in [1.165, 1.54) is 29.7 Å². The SMILES string of the molecule is Cc1ccc2c(c1)CCCN2c1cccc(C)c1N. The minimum absolute atomic E-state index is 0.899. The average molecular weight is 252 g/mol. The number of nitrogens with two attached hydrogens (primary N) is 1. The van der Waals surface area contributed by atoms with Crippen LogP contribution in [0.5, 0.6) is 0 Å². The van der Waals surface area contributed by atoms with Crippen LogP contribution in [0.15, 0.2) is 36.4 Å². The minimum atomic E-state index is 0.899. The number of hydrogen-bond donors (Lipinski definition) is 1. The second kappa shape index (κ2) is 4.61. The van der Waals surface area contributed by atoms with Gasteiger partial charge in [-0.05, 0) is 49.9 Å². The van der Waals surface area contributed by atoms with Crippen molar-refractivity contribution in [2.45, 2.75) is 26.7 Å². The molecule has 0 aliphatic carbocycles. The summed E-state index contributed by atoms with van der Waals surface area (Å²) in [5.41, 5.74) is 13.5. The van der Waals surface area contributed by atoms with Crippen LogP contribution in [0.3, 0.4) is 0 Å². The highest BCUT2D eigenvalue weighted by Gasteiger charge is 2.20. The number of fused-ring (bicyclic) bond motifs is 1. The molecule has 2 N–H and O–H groups in total. The number of nitrogen functional groups attached to an aromatic ring is 1. The van der Waals surface area contributed by atoms with Crippen LogP contribution in [0.25, 0.3) is 0 Å². The van der Waals surface area contributed by atoms with Gasteiger partial charge >= 0.3 is 0 Å². The Hall–Kier alpha value is -1.96. The summed E-state index contributed by atoms with van der Waals surface area (Å²) < 4.78 is 0. The van der Waals surface area contributed by atoms with E-state index in [2.05, 4.69) is 55.1 Å². The molecule has 98 valence electrons. The first kappa shape index (κ1) is 12.1. The second-order valence-electron chi connectivity index (χ2n) is 5.40. The Morgan fingerprint density at radius 2 is 1.89 bits per heavy atom. The molecule has 0 atom stereocenters. The van der Waals surface area contributed by atoms with E-state index in [1.807, 2.05) is 0 Å². The minimum Gasteiger partial charge on any atom is -0.397 e. The first-order chi connectivity index (χ1) is 9.16. The Balaban J connectivity index is 2.11. The number of nitrogens with zero attached hydrogens (tertiary/aromatic N) is 1. The number of para-hydroxylation sites is 1. The normalized spacial score (nSPS) is 14.3. The zero-order valence-corrected chi connectivity index (χ0v) is 11.6. The van der Waals surface area contributed by atoms with Crippen LogP contribution in [-0.4, -0.2) is 6.54 Å². The van der Waals surface area contributed by atoms with Crippen molar-refractivity contribution in [3.8, 4) is 0 Å². The molecular weight excluding hydrogens is 232 g/mol. The quantitative estimate of drug-likeness (QED) is 0.778. The number of aryl methyl sites for hydroxylation is 3. The molecule has 0 amide bonds. The van der Waals surface area contributed by atoms with Crippen LogP contribution in [0.4, 0.5) is 17.1 Å². The van der Waals surface area contributed by atoms with Gasteiger partial charge in [0.25, 0.3) is 0 Å². The van der Waals surface area contributed by atoms with Gasteiger partial charge in [0, 0.05) is 12.2 Å². The fraction of sp³-hybridized carbons (Fsp3) is 0.294. The van der Waals surface area contributed by atoms with E-state index in [9.17, 15) is 0 Å². The highest BCUT2D eigenvalue weighted by atomic mass is 15.1. The van der Waals surface area contributed by atoms with Crippen LogP contribution >= 0.6 is 0 Å². The first-order valence-corrected chi connectivity index (χ1v) is 6.89. The zero-order chi connectivity index (χ0) is 13.4. The van der Waals surface area contributed by atoms with Gasteiger partial charge in [-0.1, -0.05) is 29.8 Å². The molecule has 1 heterocycles. The van der Waals surface area contributed by atoms with Gasteiger partial charge < -0.3 is 10.6 Å². The summed E-state index contributed by atoms with van der Waals surface area (Å²) in [4.78, 5) is 2.36. The van der Waals surface area contributed by atoms with Crippen LogP contribution < -0.4 is 10.6 Å².